The third-order valence-electron chi connectivity index (χ3n) is 5.49. The number of fused-ring (bicyclic) bond motifs is 2. The molecular weight excluding hydrogens is 429 g/mol. The largest absolute Gasteiger partial charge is 0.373 e. The molecule has 0 radical (unpaired) electrons. The zero-order chi connectivity index (χ0) is 16.8. The fraction of sp³-hybridized carbons (Fsp3) is 0.944. The Morgan fingerprint density at radius 1 is 1.20 bits per heavy atom. The molecule has 0 aromatic carbocycles. The second-order valence-electron chi connectivity index (χ2n) is 7.47. The Morgan fingerprint density at radius 2 is 2.08 bits per heavy atom. The van der Waals surface area contributed by atoms with Crippen LogP contribution in [-0.4, -0.2) is 86.9 Å². The van der Waals surface area contributed by atoms with Gasteiger partial charge in [0.1, 0.15) is 0 Å². The molecule has 25 heavy (non-hydrogen) atoms. The molecule has 146 valence electrons. The molecule has 0 aromatic rings. The molecule has 3 aliphatic rings. The van der Waals surface area contributed by atoms with Gasteiger partial charge in [0.25, 0.3) is 0 Å². The third-order valence-corrected chi connectivity index (χ3v) is 5.49. The molecule has 2 N–H and O–H groups in total. The lowest BCUT2D eigenvalue weighted by atomic mass is 9.96. The van der Waals surface area contributed by atoms with Gasteiger partial charge in [-0.25, -0.2) is 0 Å². The first kappa shape index (κ1) is 21.2. The van der Waals surface area contributed by atoms with E-state index >= 15 is 0 Å². The molecule has 3 rings (SSSR count). The van der Waals surface area contributed by atoms with Crippen molar-refractivity contribution >= 4 is 29.9 Å². The normalized spacial score (nSPS) is 30.8. The van der Waals surface area contributed by atoms with Crippen molar-refractivity contribution in [2.75, 3.05) is 52.9 Å². The number of nitrogens with zero attached hydrogens (tertiary/aromatic N) is 3. The molecule has 2 bridgehead atoms. The Hall–Kier alpha value is -0.120. The van der Waals surface area contributed by atoms with Gasteiger partial charge in [-0.1, -0.05) is 0 Å². The standard InChI is InChI=1S/C18H35N5O.HI/c1-3-19-18(21-16-14-15-6-7-17(16)24-15)20-8-4-10-23-11-5-9-22(2)12-13-23;/h15-17H,3-14H2,1-2H3,(H2,19,20,21);1H. The van der Waals surface area contributed by atoms with Gasteiger partial charge < -0.3 is 25.2 Å². The van der Waals surface area contributed by atoms with Crippen LogP contribution in [0.15, 0.2) is 4.99 Å². The van der Waals surface area contributed by atoms with E-state index in [1.165, 1.54) is 45.4 Å². The Balaban J connectivity index is 0.00000225. The van der Waals surface area contributed by atoms with E-state index in [-0.39, 0.29) is 24.0 Å². The van der Waals surface area contributed by atoms with E-state index in [1.54, 1.807) is 0 Å². The van der Waals surface area contributed by atoms with Gasteiger partial charge in [-0.2, -0.15) is 0 Å². The fourth-order valence-corrected chi connectivity index (χ4v) is 4.09. The number of hydrogen-bond donors (Lipinski definition) is 2. The molecular formula is C18H36IN5O. The quantitative estimate of drug-likeness (QED) is 0.270. The zero-order valence-corrected chi connectivity index (χ0v) is 18.2. The molecule has 0 spiro atoms. The van der Waals surface area contributed by atoms with Gasteiger partial charge in [-0.3, -0.25) is 4.99 Å². The summed E-state index contributed by atoms with van der Waals surface area (Å²) in [6, 6.07) is 0.447. The predicted octanol–water partition coefficient (Wildman–Crippen LogP) is 1.51. The van der Waals surface area contributed by atoms with Crippen molar-refractivity contribution in [3.05, 3.63) is 0 Å². The molecule has 3 aliphatic heterocycles. The van der Waals surface area contributed by atoms with Crippen LogP contribution in [0.1, 0.15) is 39.0 Å². The summed E-state index contributed by atoms with van der Waals surface area (Å²) >= 11 is 0. The van der Waals surface area contributed by atoms with Crippen LogP contribution in [-0.2, 0) is 4.74 Å². The van der Waals surface area contributed by atoms with Crippen molar-refractivity contribution in [2.24, 2.45) is 4.99 Å². The maximum absolute atomic E-state index is 5.93. The molecule has 0 aliphatic carbocycles. The summed E-state index contributed by atoms with van der Waals surface area (Å²) in [4.78, 5) is 9.80. The number of aliphatic imine (C=N–C) groups is 1. The van der Waals surface area contributed by atoms with Crippen molar-refractivity contribution in [1.29, 1.82) is 0 Å². The molecule has 6 nitrogen and oxygen atoms in total. The number of hydrogen-bond acceptors (Lipinski definition) is 4. The number of guanidine groups is 1. The van der Waals surface area contributed by atoms with Gasteiger partial charge in [0.2, 0.25) is 0 Å². The van der Waals surface area contributed by atoms with Crippen LogP contribution in [0.4, 0.5) is 0 Å². The predicted molar refractivity (Wildman–Crippen MR) is 114 cm³/mol. The average molecular weight is 465 g/mol. The van der Waals surface area contributed by atoms with E-state index < -0.39 is 0 Å². The molecule has 0 saturated carbocycles. The van der Waals surface area contributed by atoms with Crippen molar-refractivity contribution in [3.8, 4) is 0 Å². The van der Waals surface area contributed by atoms with E-state index in [4.69, 9.17) is 9.73 Å². The highest BCUT2D eigenvalue weighted by Gasteiger charge is 2.41. The van der Waals surface area contributed by atoms with Crippen molar-refractivity contribution < 1.29 is 4.74 Å². The average Bonchev–Trinajstić information content (AvgIpc) is 3.12. The van der Waals surface area contributed by atoms with E-state index in [9.17, 15) is 0 Å². The monoisotopic (exact) mass is 465 g/mol. The molecule has 7 heteroatoms. The van der Waals surface area contributed by atoms with E-state index in [2.05, 4.69) is 34.4 Å². The first-order valence-electron chi connectivity index (χ1n) is 9.86. The highest BCUT2D eigenvalue weighted by atomic mass is 127. The van der Waals surface area contributed by atoms with E-state index in [0.29, 0.717) is 18.2 Å². The van der Waals surface area contributed by atoms with Crippen LogP contribution < -0.4 is 10.6 Å². The maximum atomic E-state index is 5.93. The molecule has 0 aromatic heterocycles. The van der Waals surface area contributed by atoms with Crippen molar-refractivity contribution in [3.63, 3.8) is 0 Å². The summed E-state index contributed by atoms with van der Waals surface area (Å²) in [6.45, 7) is 9.94. The summed E-state index contributed by atoms with van der Waals surface area (Å²) in [5.74, 6) is 0.967. The van der Waals surface area contributed by atoms with Gasteiger partial charge >= 0.3 is 0 Å². The van der Waals surface area contributed by atoms with Gasteiger partial charge in [0.15, 0.2) is 5.96 Å². The van der Waals surface area contributed by atoms with Gasteiger partial charge in [0.05, 0.1) is 18.2 Å². The van der Waals surface area contributed by atoms with Crippen molar-refractivity contribution in [1.82, 2.24) is 20.4 Å². The molecule has 3 atom stereocenters. The van der Waals surface area contributed by atoms with Gasteiger partial charge in [0, 0.05) is 26.2 Å². The molecule has 3 unspecified atom stereocenters. The topological polar surface area (TPSA) is 52.1 Å². The second-order valence-corrected chi connectivity index (χ2v) is 7.47. The summed E-state index contributed by atoms with van der Waals surface area (Å²) in [7, 11) is 2.22. The summed E-state index contributed by atoms with van der Waals surface area (Å²) in [6.07, 6.45) is 6.87. The Bertz CT molecular complexity index is 422. The molecule has 3 fully saturated rings. The Morgan fingerprint density at radius 3 is 2.80 bits per heavy atom. The first-order valence-corrected chi connectivity index (χ1v) is 9.86. The molecule has 3 heterocycles. The minimum atomic E-state index is 0. The summed E-state index contributed by atoms with van der Waals surface area (Å²) in [5, 5.41) is 6.98. The number of ether oxygens (including phenoxy) is 1. The third kappa shape index (κ3) is 6.52. The van der Waals surface area contributed by atoms with Crippen LogP contribution in [0.3, 0.4) is 0 Å². The van der Waals surface area contributed by atoms with Crippen LogP contribution >= 0.6 is 24.0 Å². The minimum absolute atomic E-state index is 0. The van der Waals surface area contributed by atoms with E-state index in [0.717, 1.165) is 38.4 Å². The van der Waals surface area contributed by atoms with Crippen molar-refractivity contribution in [2.45, 2.75) is 57.3 Å². The highest BCUT2D eigenvalue weighted by Crippen LogP contribution is 2.34. The minimum Gasteiger partial charge on any atom is -0.373 e. The van der Waals surface area contributed by atoms with E-state index in [1.807, 2.05) is 0 Å². The van der Waals surface area contributed by atoms with Crippen LogP contribution in [0.25, 0.3) is 0 Å². The smallest absolute Gasteiger partial charge is 0.191 e. The maximum Gasteiger partial charge on any atom is 0.191 e. The Labute approximate surface area is 170 Å². The number of likely N-dealkylation sites (N-methyl/N-ethyl adjacent to an activating group) is 1. The lowest BCUT2D eigenvalue weighted by Crippen LogP contribution is -2.47. The zero-order valence-electron chi connectivity index (χ0n) is 15.9. The lowest BCUT2D eigenvalue weighted by Gasteiger charge is -2.23. The van der Waals surface area contributed by atoms with Gasteiger partial charge in [-0.05, 0) is 65.7 Å². The summed E-state index contributed by atoms with van der Waals surface area (Å²) < 4.78 is 5.93. The second kappa shape index (κ2) is 10.9. The van der Waals surface area contributed by atoms with Crippen LogP contribution in [0.5, 0.6) is 0 Å². The Kier molecular flexibility index (Phi) is 9.23. The fourth-order valence-electron chi connectivity index (χ4n) is 4.09. The molecule has 0 amide bonds. The van der Waals surface area contributed by atoms with Crippen LogP contribution in [0.2, 0.25) is 0 Å². The SMILES string of the molecule is CCNC(=NCCCN1CCCN(C)CC1)NC1CC2CCC1O2.I. The number of rotatable bonds is 6. The summed E-state index contributed by atoms with van der Waals surface area (Å²) in [5.41, 5.74) is 0. The number of halogens is 1. The van der Waals surface area contributed by atoms with Gasteiger partial charge in [-0.15, -0.1) is 24.0 Å². The molecule has 3 saturated heterocycles. The highest BCUT2D eigenvalue weighted by molar-refractivity contribution is 14.0. The lowest BCUT2D eigenvalue weighted by molar-refractivity contribution is 0.0992. The first-order chi connectivity index (χ1) is 11.7. The number of nitrogens with one attached hydrogen (secondary N) is 2. The van der Waals surface area contributed by atoms with Crippen LogP contribution in [0, 0.1) is 0 Å².